The van der Waals surface area contributed by atoms with Crippen molar-refractivity contribution in [1.82, 2.24) is 14.9 Å². The summed E-state index contributed by atoms with van der Waals surface area (Å²) in [5.74, 6) is 0.753. The summed E-state index contributed by atoms with van der Waals surface area (Å²) in [6, 6.07) is 0.574. The van der Waals surface area contributed by atoms with Crippen LogP contribution >= 0.6 is 0 Å². The van der Waals surface area contributed by atoms with E-state index in [9.17, 15) is 0 Å². The molecule has 0 spiro atoms. The van der Waals surface area contributed by atoms with Gasteiger partial charge in [-0.25, -0.2) is 4.98 Å². The summed E-state index contributed by atoms with van der Waals surface area (Å²) in [6.45, 7) is 10.8. The molecule has 0 bridgehead atoms. The Morgan fingerprint density at radius 1 is 1.40 bits per heavy atom. The lowest BCUT2D eigenvalue weighted by Crippen LogP contribution is -2.27. The zero-order valence-electron chi connectivity index (χ0n) is 10.3. The number of nitrogens with zero attached hydrogens (tertiary/aromatic N) is 2. The van der Waals surface area contributed by atoms with Gasteiger partial charge < -0.3 is 9.88 Å². The van der Waals surface area contributed by atoms with Crippen molar-refractivity contribution in [3.05, 3.63) is 18.2 Å². The maximum Gasteiger partial charge on any atom is 0.0948 e. The van der Waals surface area contributed by atoms with Crippen LogP contribution in [-0.2, 0) is 13.1 Å². The number of rotatable bonds is 6. The molecule has 0 aliphatic heterocycles. The predicted octanol–water partition coefficient (Wildman–Crippen LogP) is 2.43. The first-order valence-electron chi connectivity index (χ1n) is 5.85. The van der Waals surface area contributed by atoms with E-state index in [-0.39, 0.29) is 0 Å². The van der Waals surface area contributed by atoms with Crippen molar-refractivity contribution in [2.45, 2.75) is 53.2 Å². The first-order chi connectivity index (χ1) is 7.13. The van der Waals surface area contributed by atoms with Crippen LogP contribution in [0.25, 0.3) is 0 Å². The Labute approximate surface area is 92.9 Å². The van der Waals surface area contributed by atoms with E-state index >= 15 is 0 Å². The van der Waals surface area contributed by atoms with Gasteiger partial charge >= 0.3 is 0 Å². The fraction of sp³-hybridized carbons (Fsp3) is 0.750. The van der Waals surface area contributed by atoms with Crippen LogP contribution in [-0.4, -0.2) is 15.6 Å². The SMILES string of the molecule is CCn1cncc1CNC(C)CC(C)C. The topological polar surface area (TPSA) is 29.9 Å². The van der Waals surface area contributed by atoms with Crippen molar-refractivity contribution in [1.29, 1.82) is 0 Å². The van der Waals surface area contributed by atoms with Crippen molar-refractivity contribution in [3.63, 3.8) is 0 Å². The first-order valence-corrected chi connectivity index (χ1v) is 5.85. The third-order valence-corrected chi connectivity index (χ3v) is 2.60. The van der Waals surface area contributed by atoms with Gasteiger partial charge in [-0.3, -0.25) is 0 Å². The van der Waals surface area contributed by atoms with E-state index in [0.29, 0.717) is 6.04 Å². The van der Waals surface area contributed by atoms with E-state index in [1.165, 1.54) is 12.1 Å². The number of nitrogens with one attached hydrogen (secondary N) is 1. The lowest BCUT2D eigenvalue weighted by atomic mass is 10.1. The van der Waals surface area contributed by atoms with Crippen molar-refractivity contribution in [2.75, 3.05) is 0 Å². The minimum atomic E-state index is 0.574. The van der Waals surface area contributed by atoms with Gasteiger partial charge in [-0.05, 0) is 26.2 Å². The van der Waals surface area contributed by atoms with Crippen LogP contribution in [0, 0.1) is 5.92 Å². The lowest BCUT2D eigenvalue weighted by Gasteiger charge is -2.16. The third kappa shape index (κ3) is 4.04. The molecule has 0 radical (unpaired) electrons. The molecule has 86 valence electrons. The molecular weight excluding hydrogens is 186 g/mol. The molecule has 0 aliphatic carbocycles. The van der Waals surface area contributed by atoms with Crippen LogP contribution in [0.1, 0.15) is 39.8 Å². The second-order valence-corrected chi connectivity index (χ2v) is 4.58. The molecular formula is C12H23N3. The fourth-order valence-electron chi connectivity index (χ4n) is 1.85. The van der Waals surface area contributed by atoms with Crippen LogP contribution < -0.4 is 5.32 Å². The van der Waals surface area contributed by atoms with E-state index in [1.807, 2.05) is 12.5 Å². The molecule has 1 aromatic heterocycles. The van der Waals surface area contributed by atoms with Crippen molar-refractivity contribution < 1.29 is 0 Å². The Kier molecular flexibility index (Phi) is 4.82. The van der Waals surface area contributed by atoms with Crippen molar-refractivity contribution in [2.24, 2.45) is 5.92 Å². The summed E-state index contributed by atoms with van der Waals surface area (Å²) in [5, 5.41) is 3.53. The normalized spacial score (nSPS) is 13.4. The number of hydrogen-bond acceptors (Lipinski definition) is 2. The third-order valence-electron chi connectivity index (χ3n) is 2.60. The molecule has 1 N–H and O–H groups in total. The summed E-state index contributed by atoms with van der Waals surface area (Å²) in [7, 11) is 0. The highest BCUT2D eigenvalue weighted by atomic mass is 15.1. The van der Waals surface area contributed by atoms with E-state index in [4.69, 9.17) is 0 Å². The Hall–Kier alpha value is -0.830. The van der Waals surface area contributed by atoms with Crippen LogP contribution in [0.2, 0.25) is 0 Å². The number of aromatic nitrogens is 2. The van der Waals surface area contributed by atoms with E-state index < -0.39 is 0 Å². The average molecular weight is 209 g/mol. The second kappa shape index (κ2) is 5.91. The first kappa shape index (κ1) is 12.2. The lowest BCUT2D eigenvalue weighted by molar-refractivity contribution is 0.435. The molecule has 0 saturated heterocycles. The standard InChI is InChI=1S/C12H23N3/c1-5-15-9-13-7-12(15)8-14-11(4)6-10(2)3/h7,9-11,14H,5-6,8H2,1-4H3. The Morgan fingerprint density at radius 2 is 2.13 bits per heavy atom. The zero-order chi connectivity index (χ0) is 11.3. The molecule has 0 aromatic carbocycles. The molecule has 1 aromatic rings. The maximum absolute atomic E-state index is 4.15. The van der Waals surface area contributed by atoms with Crippen LogP contribution in [0.3, 0.4) is 0 Å². The Balaban J connectivity index is 2.36. The summed E-state index contributed by atoms with van der Waals surface area (Å²) in [6.07, 6.45) is 5.06. The van der Waals surface area contributed by atoms with Crippen molar-refractivity contribution >= 4 is 0 Å². The van der Waals surface area contributed by atoms with Gasteiger partial charge in [0.1, 0.15) is 0 Å². The number of aryl methyl sites for hydroxylation is 1. The van der Waals surface area contributed by atoms with Gasteiger partial charge in [0.15, 0.2) is 0 Å². The molecule has 0 aliphatic rings. The molecule has 15 heavy (non-hydrogen) atoms. The molecule has 3 nitrogen and oxygen atoms in total. The van der Waals surface area contributed by atoms with Gasteiger partial charge in [-0.2, -0.15) is 0 Å². The quantitative estimate of drug-likeness (QED) is 0.780. The number of imidazole rings is 1. The number of hydrogen-bond donors (Lipinski definition) is 1. The minimum Gasteiger partial charge on any atom is -0.334 e. The highest BCUT2D eigenvalue weighted by Gasteiger charge is 2.06. The van der Waals surface area contributed by atoms with Gasteiger partial charge in [0.2, 0.25) is 0 Å². The van der Waals surface area contributed by atoms with Crippen LogP contribution in [0.4, 0.5) is 0 Å². The Bertz CT molecular complexity index is 278. The Morgan fingerprint density at radius 3 is 2.73 bits per heavy atom. The fourth-order valence-corrected chi connectivity index (χ4v) is 1.85. The molecule has 0 fully saturated rings. The highest BCUT2D eigenvalue weighted by Crippen LogP contribution is 2.05. The van der Waals surface area contributed by atoms with Gasteiger partial charge in [-0.15, -0.1) is 0 Å². The summed E-state index contributed by atoms with van der Waals surface area (Å²) < 4.78 is 2.18. The molecule has 1 atom stereocenters. The van der Waals surface area contributed by atoms with Gasteiger partial charge in [0.25, 0.3) is 0 Å². The molecule has 1 unspecified atom stereocenters. The predicted molar refractivity (Wildman–Crippen MR) is 63.7 cm³/mol. The summed E-state index contributed by atoms with van der Waals surface area (Å²) in [4.78, 5) is 4.15. The van der Waals surface area contributed by atoms with Crippen LogP contribution in [0.5, 0.6) is 0 Å². The molecule has 1 heterocycles. The molecule has 1 rings (SSSR count). The van der Waals surface area contributed by atoms with Crippen molar-refractivity contribution in [3.8, 4) is 0 Å². The van der Waals surface area contributed by atoms with Gasteiger partial charge in [0, 0.05) is 25.3 Å². The zero-order valence-corrected chi connectivity index (χ0v) is 10.3. The average Bonchev–Trinajstić information content (AvgIpc) is 2.60. The molecule has 3 heteroatoms. The largest absolute Gasteiger partial charge is 0.334 e. The van der Waals surface area contributed by atoms with Crippen LogP contribution in [0.15, 0.2) is 12.5 Å². The highest BCUT2D eigenvalue weighted by molar-refractivity contribution is 4.97. The summed E-state index contributed by atoms with van der Waals surface area (Å²) in [5.41, 5.74) is 1.27. The molecule has 0 amide bonds. The maximum atomic E-state index is 4.15. The monoisotopic (exact) mass is 209 g/mol. The molecule has 0 saturated carbocycles. The second-order valence-electron chi connectivity index (χ2n) is 4.58. The van der Waals surface area contributed by atoms with E-state index in [1.54, 1.807) is 0 Å². The van der Waals surface area contributed by atoms with Gasteiger partial charge in [0.05, 0.1) is 12.0 Å². The van der Waals surface area contributed by atoms with E-state index in [2.05, 4.69) is 42.6 Å². The smallest absolute Gasteiger partial charge is 0.0948 e. The van der Waals surface area contributed by atoms with Gasteiger partial charge in [-0.1, -0.05) is 13.8 Å². The van der Waals surface area contributed by atoms with E-state index in [0.717, 1.165) is 19.0 Å². The minimum absolute atomic E-state index is 0.574. The summed E-state index contributed by atoms with van der Waals surface area (Å²) >= 11 is 0.